The number of nitrogens with one attached hydrogen (secondary N) is 2. The Bertz CT molecular complexity index is 2050. The summed E-state index contributed by atoms with van der Waals surface area (Å²) in [5, 5.41) is 2.38. The molecule has 6 bridgehead atoms. The monoisotopic (exact) mass is 706 g/mol. The van der Waals surface area contributed by atoms with Crippen molar-refractivity contribution in [2.24, 2.45) is 29.6 Å². The molecule has 2 aromatic heterocycles. The molecule has 4 aliphatic heterocycles. The summed E-state index contributed by atoms with van der Waals surface area (Å²) in [5.74, 6) is 1.62. The first-order chi connectivity index (χ1) is 25.3. The summed E-state index contributed by atoms with van der Waals surface area (Å²) in [6.07, 6.45) is 6.43. The van der Waals surface area contributed by atoms with Gasteiger partial charge in [-0.05, 0) is 92.1 Å². The third-order valence-corrected chi connectivity index (χ3v) is 14.6. The van der Waals surface area contributed by atoms with E-state index in [1.54, 1.807) is 21.3 Å². The first kappa shape index (κ1) is 34.0. The third kappa shape index (κ3) is 4.66. The SMILES string of the molecule is CC[C@@H]1CN(C)[C@H]2Cc3c([nH]c4ccccc34)[C@H](c3c(OC)ccc4c5c([nH]c34)[C@]3(C(=O)OC)C[C@H]4C[C@H](CC)[C@@H]3N(CC5)C4)C[C@@H]1C2C(=O)OC. The first-order valence-corrected chi connectivity index (χ1v) is 19.7. The van der Waals surface area contributed by atoms with Crippen LogP contribution in [-0.4, -0.2) is 91.8 Å². The van der Waals surface area contributed by atoms with Crippen molar-refractivity contribution in [2.45, 2.75) is 82.2 Å². The van der Waals surface area contributed by atoms with Crippen molar-refractivity contribution in [3.8, 4) is 5.75 Å². The van der Waals surface area contributed by atoms with Crippen molar-refractivity contribution in [1.82, 2.24) is 19.8 Å². The molecule has 9 nitrogen and oxygen atoms in total. The van der Waals surface area contributed by atoms with Crippen molar-refractivity contribution in [3.63, 3.8) is 0 Å². The predicted octanol–water partition coefficient (Wildman–Crippen LogP) is 6.57. The molecule has 276 valence electrons. The summed E-state index contributed by atoms with van der Waals surface area (Å²) in [6.45, 7) is 7.48. The standard InChI is InChI=1S/C43H54N4O5/c1-7-24-17-23-20-43(42(49)52-6)39-28(15-16-47(21-23)40(24)43)27-13-14-34(50-4)36(38(27)45-39)31-18-29-25(8-2)22-46(3)33(35(29)41(48)51-5)19-30-26-11-9-10-12-32(26)44-37(30)31/h9-14,23-25,29,31,33,35,40,44-45H,7-8,15-22H2,1-6H3/t23-,24+,25-,29+,31+,33+,35?,40+,43-/m1/s1. The summed E-state index contributed by atoms with van der Waals surface area (Å²) in [5.41, 5.74) is 7.31. The number of para-hydroxylation sites is 1. The summed E-state index contributed by atoms with van der Waals surface area (Å²) in [7, 11) is 7.06. The zero-order valence-corrected chi connectivity index (χ0v) is 31.6. The number of esters is 2. The van der Waals surface area contributed by atoms with Gasteiger partial charge in [-0.15, -0.1) is 0 Å². The lowest BCUT2D eigenvalue weighted by Gasteiger charge is -2.57. The summed E-state index contributed by atoms with van der Waals surface area (Å²) in [4.78, 5) is 41.3. The number of fused-ring (bicyclic) bond motifs is 9. The van der Waals surface area contributed by atoms with Gasteiger partial charge < -0.3 is 29.1 Å². The Morgan fingerprint density at radius 3 is 2.48 bits per heavy atom. The fourth-order valence-electron chi connectivity index (χ4n) is 12.5. The van der Waals surface area contributed by atoms with Gasteiger partial charge in [-0.1, -0.05) is 44.9 Å². The molecule has 10 rings (SSSR count). The van der Waals surface area contributed by atoms with Gasteiger partial charge in [0.1, 0.15) is 11.2 Å². The van der Waals surface area contributed by atoms with Crippen molar-refractivity contribution in [1.29, 1.82) is 0 Å². The molecule has 2 aliphatic carbocycles. The molecule has 9 heteroatoms. The average Bonchev–Trinajstić information content (AvgIpc) is 3.70. The van der Waals surface area contributed by atoms with Gasteiger partial charge in [-0.25, -0.2) is 0 Å². The minimum atomic E-state index is -0.746. The van der Waals surface area contributed by atoms with Gasteiger partial charge in [0.05, 0.1) is 32.8 Å². The minimum Gasteiger partial charge on any atom is -0.496 e. The van der Waals surface area contributed by atoms with Gasteiger partial charge >= 0.3 is 11.9 Å². The number of aromatic amines is 2. The zero-order valence-electron chi connectivity index (χ0n) is 31.6. The summed E-state index contributed by atoms with van der Waals surface area (Å²) in [6, 6.07) is 13.1. The molecule has 0 radical (unpaired) electrons. The van der Waals surface area contributed by atoms with Crippen molar-refractivity contribution < 1.29 is 23.8 Å². The lowest BCUT2D eigenvalue weighted by atomic mass is 9.56. The number of ether oxygens (including phenoxy) is 3. The van der Waals surface area contributed by atoms with Crippen LogP contribution in [0, 0.1) is 29.6 Å². The van der Waals surface area contributed by atoms with E-state index < -0.39 is 5.41 Å². The summed E-state index contributed by atoms with van der Waals surface area (Å²) < 4.78 is 17.7. The molecule has 0 amide bonds. The van der Waals surface area contributed by atoms with Crippen LogP contribution in [0.2, 0.25) is 0 Å². The van der Waals surface area contributed by atoms with Gasteiger partial charge in [-0.3, -0.25) is 14.5 Å². The van der Waals surface area contributed by atoms with E-state index >= 15 is 0 Å². The van der Waals surface area contributed by atoms with Crippen LogP contribution in [0.1, 0.15) is 79.9 Å². The second-order valence-electron chi connectivity index (χ2n) is 16.7. The summed E-state index contributed by atoms with van der Waals surface area (Å²) >= 11 is 0. The molecule has 0 spiro atoms. The molecule has 10 atom stereocenters. The van der Waals surface area contributed by atoms with Crippen LogP contribution in [0.15, 0.2) is 36.4 Å². The molecule has 2 aromatic carbocycles. The van der Waals surface area contributed by atoms with Crippen LogP contribution in [0.4, 0.5) is 0 Å². The van der Waals surface area contributed by atoms with Crippen molar-refractivity contribution in [2.75, 3.05) is 48.0 Å². The fourth-order valence-corrected chi connectivity index (χ4v) is 12.5. The number of carbonyl (C=O) groups is 2. The van der Waals surface area contributed by atoms with E-state index in [0.717, 1.165) is 86.2 Å². The highest BCUT2D eigenvalue weighted by Gasteiger charge is 2.63. The molecule has 6 aliphatic rings. The van der Waals surface area contributed by atoms with Crippen LogP contribution < -0.4 is 4.74 Å². The molecule has 2 unspecified atom stereocenters. The number of hydrogen-bond acceptors (Lipinski definition) is 7. The number of piperidine rings is 3. The van der Waals surface area contributed by atoms with Gasteiger partial charge in [-0.2, -0.15) is 0 Å². The molecule has 3 saturated heterocycles. The normalized spacial score (nSPS) is 33.8. The Morgan fingerprint density at radius 1 is 0.923 bits per heavy atom. The molecule has 1 saturated carbocycles. The topological polar surface area (TPSA) is 99.9 Å². The second-order valence-corrected chi connectivity index (χ2v) is 16.7. The maximum Gasteiger partial charge on any atom is 0.319 e. The van der Waals surface area contributed by atoms with E-state index in [2.05, 4.69) is 77.1 Å². The van der Waals surface area contributed by atoms with Crippen LogP contribution >= 0.6 is 0 Å². The van der Waals surface area contributed by atoms with Crippen molar-refractivity contribution in [3.05, 3.63) is 64.5 Å². The Morgan fingerprint density at radius 2 is 1.73 bits per heavy atom. The van der Waals surface area contributed by atoms with Crippen LogP contribution in [0.25, 0.3) is 21.8 Å². The number of likely N-dealkylation sites (tertiary alicyclic amines) is 1. The van der Waals surface area contributed by atoms with Gasteiger partial charge in [0.2, 0.25) is 0 Å². The Hall–Kier alpha value is -3.82. The van der Waals surface area contributed by atoms with Crippen LogP contribution in [0.5, 0.6) is 5.75 Å². The molecule has 2 N–H and O–H groups in total. The zero-order chi connectivity index (χ0) is 36.1. The van der Waals surface area contributed by atoms with Gasteiger partial charge in [0.25, 0.3) is 0 Å². The van der Waals surface area contributed by atoms with E-state index in [1.807, 2.05) is 0 Å². The van der Waals surface area contributed by atoms with Crippen LogP contribution in [0.3, 0.4) is 0 Å². The van der Waals surface area contributed by atoms with Crippen molar-refractivity contribution >= 4 is 33.7 Å². The number of H-pyrrole nitrogens is 2. The predicted molar refractivity (Wildman–Crippen MR) is 202 cm³/mol. The van der Waals surface area contributed by atoms with Gasteiger partial charge in [0, 0.05) is 70.9 Å². The molecule has 6 heterocycles. The molecular weight excluding hydrogens is 652 g/mol. The number of aromatic nitrogens is 2. The third-order valence-electron chi connectivity index (χ3n) is 14.6. The number of carbonyl (C=O) groups excluding carboxylic acids is 2. The molecule has 4 fully saturated rings. The van der Waals surface area contributed by atoms with E-state index in [0.29, 0.717) is 17.8 Å². The maximum absolute atomic E-state index is 14.4. The number of likely N-dealkylation sites (N-methyl/N-ethyl adjacent to an activating group) is 1. The number of methoxy groups -OCH3 is 3. The highest BCUT2D eigenvalue weighted by atomic mass is 16.5. The quantitative estimate of drug-likeness (QED) is 0.219. The Balaban J connectivity index is 1.31. The number of nitrogens with zero attached hydrogens (tertiary/aromatic N) is 2. The lowest BCUT2D eigenvalue weighted by Crippen LogP contribution is -2.67. The van der Waals surface area contributed by atoms with E-state index in [-0.39, 0.29) is 41.8 Å². The van der Waals surface area contributed by atoms with E-state index in [1.165, 1.54) is 34.0 Å². The number of hydrogen-bond donors (Lipinski definition) is 2. The number of benzene rings is 2. The minimum absolute atomic E-state index is 0.0366. The maximum atomic E-state index is 14.4. The highest BCUT2D eigenvalue weighted by molar-refractivity contribution is 5.95. The van der Waals surface area contributed by atoms with Crippen LogP contribution in [-0.2, 0) is 37.3 Å². The Kier molecular flexibility index (Phi) is 8.27. The fraction of sp³-hybridized carbons (Fsp3) is 0.581. The lowest BCUT2D eigenvalue weighted by molar-refractivity contribution is -0.162. The average molecular weight is 707 g/mol. The van der Waals surface area contributed by atoms with E-state index in [9.17, 15) is 9.59 Å². The molecule has 52 heavy (non-hydrogen) atoms. The van der Waals surface area contributed by atoms with Gasteiger partial charge in [0.15, 0.2) is 0 Å². The second kappa shape index (κ2) is 12.7. The highest BCUT2D eigenvalue weighted by Crippen LogP contribution is 2.57. The number of rotatable bonds is 6. The molecular formula is C43H54N4O5. The Labute approximate surface area is 306 Å². The smallest absolute Gasteiger partial charge is 0.319 e. The molecule has 4 aromatic rings. The first-order valence-electron chi connectivity index (χ1n) is 19.7. The largest absolute Gasteiger partial charge is 0.496 e. The van der Waals surface area contributed by atoms with E-state index in [4.69, 9.17) is 14.2 Å².